The summed E-state index contributed by atoms with van der Waals surface area (Å²) in [4.78, 5) is 33.0. The molecule has 0 saturated carbocycles. The van der Waals surface area contributed by atoms with Crippen molar-refractivity contribution in [3.63, 3.8) is 0 Å². The molecule has 0 saturated heterocycles. The number of aromatic amines is 1. The highest BCUT2D eigenvalue weighted by atomic mass is 35.5. The second-order valence-corrected chi connectivity index (χ2v) is 5.78. The molecule has 3 rings (SSSR count). The first kappa shape index (κ1) is 16.3. The van der Waals surface area contributed by atoms with E-state index in [2.05, 4.69) is 20.0 Å². The number of carbonyl (C=O) groups excluding carboxylic acids is 2. The van der Waals surface area contributed by atoms with Crippen LogP contribution < -0.4 is 5.32 Å². The van der Waals surface area contributed by atoms with E-state index in [9.17, 15) is 9.59 Å². The van der Waals surface area contributed by atoms with Gasteiger partial charge in [0.2, 0.25) is 0 Å². The summed E-state index contributed by atoms with van der Waals surface area (Å²) >= 11 is 6.34. The van der Waals surface area contributed by atoms with Gasteiger partial charge in [-0.3, -0.25) is 4.79 Å². The van der Waals surface area contributed by atoms with Crippen molar-refractivity contribution in [2.45, 2.75) is 12.5 Å². The molecule has 2 heterocycles. The van der Waals surface area contributed by atoms with E-state index < -0.39 is 12.0 Å². The zero-order valence-electron chi connectivity index (χ0n) is 13.1. The predicted molar refractivity (Wildman–Crippen MR) is 87.7 cm³/mol. The number of aromatic nitrogens is 2. The number of hydrogen-bond acceptors (Lipinski definition) is 4. The Balaban J connectivity index is 1.92. The number of amides is 2. The number of esters is 1. The Morgan fingerprint density at radius 2 is 2.25 bits per heavy atom. The van der Waals surface area contributed by atoms with Crippen LogP contribution in [0.15, 0.2) is 30.6 Å². The number of nitrogens with one attached hydrogen (secondary N) is 2. The van der Waals surface area contributed by atoms with Crippen LogP contribution in [-0.2, 0) is 16.0 Å². The maximum absolute atomic E-state index is 12.6. The smallest absolute Gasteiger partial charge is 0.325 e. The van der Waals surface area contributed by atoms with Gasteiger partial charge in [-0.1, -0.05) is 29.8 Å². The number of urea groups is 1. The van der Waals surface area contributed by atoms with Crippen molar-refractivity contribution in [3.8, 4) is 0 Å². The monoisotopic (exact) mass is 348 g/mol. The number of ether oxygens (including phenoxy) is 1. The molecule has 1 atom stereocenters. The molecule has 2 N–H and O–H groups in total. The van der Waals surface area contributed by atoms with E-state index in [-0.39, 0.29) is 12.6 Å². The normalized spacial score (nSPS) is 16.4. The van der Waals surface area contributed by atoms with Gasteiger partial charge in [0, 0.05) is 23.7 Å². The third kappa shape index (κ3) is 3.07. The SMILES string of the molecule is COC(=O)CNC(=O)N1CCc2[nH]cnc2[C@@H]1c1ccccc1Cl. The zero-order valence-corrected chi connectivity index (χ0v) is 13.8. The van der Waals surface area contributed by atoms with Gasteiger partial charge < -0.3 is 19.9 Å². The van der Waals surface area contributed by atoms with E-state index in [0.717, 1.165) is 17.0 Å². The van der Waals surface area contributed by atoms with Gasteiger partial charge in [-0.05, 0) is 11.6 Å². The Morgan fingerprint density at radius 3 is 3.00 bits per heavy atom. The molecule has 2 amide bonds. The minimum atomic E-state index is -0.505. The van der Waals surface area contributed by atoms with E-state index in [1.165, 1.54) is 7.11 Å². The number of nitrogens with zero attached hydrogens (tertiary/aromatic N) is 2. The first-order valence-corrected chi connectivity index (χ1v) is 7.87. The molecule has 0 spiro atoms. The highest BCUT2D eigenvalue weighted by molar-refractivity contribution is 6.31. The molecule has 0 radical (unpaired) electrons. The summed E-state index contributed by atoms with van der Waals surface area (Å²) in [6, 6.07) is 6.58. The summed E-state index contributed by atoms with van der Waals surface area (Å²) in [6.45, 7) is 0.298. The summed E-state index contributed by atoms with van der Waals surface area (Å²) < 4.78 is 4.55. The van der Waals surface area contributed by atoms with Crippen LogP contribution >= 0.6 is 11.6 Å². The van der Waals surface area contributed by atoms with E-state index >= 15 is 0 Å². The molecule has 24 heavy (non-hydrogen) atoms. The fourth-order valence-electron chi connectivity index (χ4n) is 2.83. The Labute approximate surface area is 144 Å². The molecular weight excluding hydrogens is 332 g/mol. The molecular formula is C16H17ClN4O3. The molecule has 1 aliphatic heterocycles. The predicted octanol–water partition coefficient (Wildman–Crippen LogP) is 1.89. The lowest BCUT2D eigenvalue weighted by atomic mass is 9.96. The van der Waals surface area contributed by atoms with Gasteiger partial charge in [0.05, 0.1) is 19.1 Å². The topological polar surface area (TPSA) is 87.3 Å². The minimum absolute atomic E-state index is 0.186. The third-order valence-electron chi connectivity index (χ3n) is 4.00. The van der Waals surface area contributed by atoms with Crippen LogP contribution in [0.2, 0.25) is 5.02 Å². The van der Waals surface area contributed by atoms with Crippen molar-refractivity contribution in [2.24, 2.45) is 0 Å². The molecule has 1 aliphatic rings. The van der Waals surface area contributed by atoms with Gasteiger partial charge in [0.1, 0.15) is 12.6 Å². The molecule has 1 aromatic heterocycles. The Hall–Kier alpha value is -2.54. The van der Waals surface area contributed by atoms with Crippen LogP contribution in [-0.4, -0.2) is 47.1 Å². The van der Waals surface area contributed by atoms with Gasteiger partial charge in [-0.2, -0.15) is 0 Å². The number of halogens is 1. The van der Waals surface area contributed by atoms with Crippen molar-refractivity contribution in [1.82, 2.24) is 20.2 Å². The fraction of sp³-hybridized carbons (Fsp3) is 0.312. The maximum Gasteiger partial charge on any atom is 0.325 e. The molecule has 0 unspecified atom stereocenters. The number of methoxy groups -OCH3 is 1. The Bertz CT molecular complexity index is 761. The van der Waals surface area contributed by atoms with Crippen LogP contribution in [0, 0.1) is 0 Å². The van der Waals surface area contributed by atoms with Crippen molar-refractivity contribution in [1.29, 1.82) is 0 Å². The van der Waals surface area contributed by atoms with Crippen LogP contribution in [0.1, 0.15) is 23.0 Å². The summed E-state index contributed by atoms with van der Waals surface area (Å²) in [7, 11) is 1.28. The summed E-state index contributed by atoms with van der Waals surface area (Å²) in [6.07, 6.45) is 2.27. The van der Waals surface area contributed by atoms with Gasteiger partial charge in [-0.15, -0.1) is 0 Å². The second kappa shape index (κ2) is 6.92. The van der Waals surface area contributed by atoms with E-state index in [4.69, 9.17) is 11.6 Å². The van der Waals surface area contributed by atoms with Gasteiger partial charge in [-0.25, -0.2) is 9.78 Å². The third-order valence-corrected chi connectivity index (χ3v) is 4.34. The number of H-pyrrole nitrogens is 1. The molecule has 8 heteroatoms. The first-order valence-electron chi connectivity index (χ1n) is 7.49. The molecule has 2 aromatic rings. The molecule has 126 valence electrons. The number of hydrogen-bond donors (Lipinski definition) is 2. The lowest BCUT2D eigenvalue weighted by Crippen LogP contribution is -2.47. The summed E-state index contributed by atoms with van der Waals surface area (Å²) in [5.41, 5.74) is 2.54. The summed E-state index contributed by atoms with van der Waals surface area (Å²) in [5.74, 6) is -0.505. The number of rotatable bonds is 3. The molecule has 7 nitrogen and oxygen atoms in total. The van der Waals surface area contributed by atoms with E-state index in [0.29, 0.717) is 18.0 Å². The van der Waals surface area contributed by atoms with Crippen molar-refractivity contribution in [3.05, 3.63) is 52.6 Å². The molecule has 0 aliphatic carbocycles. The van der Waals surface area contributed by atoms with Gasteiger partial charge >= 0.3 is 12.0 Å². The van der Waals surface area contributed by atoms with Crippen LogP contribution in [0.4, 0.5) is 4.79 Å². The second-order valence-electron chi connectivity index (χ2n) is 5.37. The quantitative estimate of drug-likeness (QED) is 0.829. The minimum Gasteiger partial charge on any atom is -0.468 e. The summed E-state index contributed by atoms with van der Waals surface area (Å²) in [5, 5.41) is 3.14. The van der Waals surface area contributed by atoms with Crippen LogP contribution in [0.3, 0.4) is 0 Å². The average molecular weight is 349 g/mol. The zero-order chi connectivity index (χ0) is 17.1. The lowest BCUT2D eigenvalue weighted by Gasteiger charge is -2.35. The maximum atomic E-state index is 12.6. The Kier molecular flexibility index (Phi) is 4.71. The number of benzene rings is 1. The van der Waals surface area contributed by atoms with Gasteiger partial charge in [0.15, 0.2) is 0 Å². The number of carbonyl (C=O) groups is 2. The fourth-order valence-corrected chi connectivity index (χ4v) is 3.07. The number of imidazole rings is 1. The van der Waals surface area contributed by atoms with E-state index in [1.807, 2.05) is 18.2 Å². The molecule has 1 aromatic carbocycles. The Morgan fingerprint density at radius 1 is 1.46 bits per heavy atom. The lowest BCUT2D eigenvalue weighted by molar-refractivity contribution is -0.139. The standard InChI is InChI=1S/C16H17ClN4O3/c1-24-13(22)8-18-16(23)21-7-6-12-14(20-9-19-12)15(21)10-4-2-3-5-11(10)17/h2-5,9,15H,6-8H2,1H3,(H,18,23)(H,19,20)/t15-/m0/s1. The first-order chi connectivity index (χ1) is 11.6. The highest BCUT2D eigenvalue weighted by Crippen LogP contribution is 2.36. The van der Waals surface area contributed by atoms with Crippen molar-refractivity contribution < 1.29 is 14.3 Å². The average Bonchev–Trinajstić information content (AvgIpc) is 3.07. The van der Waals surface area contributed by atoms with Crippen molar-refractivity contribution >= 4 is 23.6 Å². The molecule has 0 bridgehead atoms. The van der Waals surface area contributed by atoms with E-state index in [1.54, 1.807) is 17.3 Å². The molecule has 0 fully saturated rings. The van der Waals surface area contributed by atoms with Crippen molar-refractivity contribution in [2.75, 3.05) is 20.2 Å². The highest BCUT2D eigenvalue weighted by Gasteiger charge is 2.35. The largest absolute Gasteiger partial charge is 0.468 e. The van der Waals surface area contributed by atoms with Crippen LogP contribution in [0.25, 0.3) is 0 Å². The number of fused-ring (bicyclic) bond motifs is 1. The van der Waals surface area contributed by atoms with Crippen LogP contribution in [0.5, 0.6) is 0 Å². The van der Waals surface area contributed by atoms with Gasteiger partial charge in [0.25, 0.3) is 0 Å².